The molecule has 1 saturated carbocycles. The van der Waals surface area contributed by atoms with Crippen LogP contribution < -0.4 is 0 Å². The van der Waals surface area contributed by atoms with Gasteiger partial charge >= 0.3 is 12.1 Å². The van der Waals surface area contributed by atoms with Gasteiger partial charge < -0.3 is 9.63 Å². The second-order valence-electron chi connectivity index (χ2n) is 4.97. The minimum absolute atomic E-state index is 0.00370. The number of halogens is 3. The van der Waals surface area contributed by atoms with E-state index in [1.165, 1.54) is 0 Å². The van der Waals surface area contributed by atoms with Crippen molar-refractivity contribution >= 4 is 5.97 Å². The van der Waals surface area contributed by atoms with E-state index < -0.39 is 36.2 Å². The number of carbonyl (C=O) groups is 1. The monoisotopic (exact) mass is 278 g/mol. The largest absolute Gasteiger partial charge is 0.481 e. The van der Waals surface area contributed by atoms with Crippen LogP contribution in [-0.2, 0) is 11.2 Å². The molecule has 1 aromatic rings. The molecule has 3 atom stereocenters. The third-order valence-corrected chi connectivity index (χ3v) is 3.28. The molecule has 0 spiro atoms. The molecule has 1 N–H and O–H groups in total. The molecule has 1 aliphatic carbocycles. The van der Waals surface area contributed by atoms with Crippen molar-refractivity contribution in [3.63, 3.8) is 0 Å². The van der Waals surface area contributed by atoms with Crippen LogP contribution >= 0.6 is 0 Å². The molecule has 8 heteroatoms. The number of aliphatic carboxylic acids is 1. The predicted octanol–water partition coefficient (Wildman–Crippen LogP) is 2.39. The highest BCUT2D eigenvalue weighted by molar-refractivity contribution is 5.71. The van der Waals surface area contributed by atoms with Crippen molar-refractivity contribution in [3.8, 4) is 0 Å². The molecule has 106 valence electrons. The summed E-state index contributed by atoms with van der Waals surface area (Å²) in [4.78, 5) is 14.8. The number of alkyl halides is 3. The van der Waals surface area contributed by atoms with E-state index in [4.69, 9.17) is 9.63 Å². The van der Waals surface area contributed by atoms with Crippen LogP contribution in [0.3, 0.4) is 0 Å². The number of nitrogens with zero attached hydrogens (tertiary/aromatic N) is 2. The van der Waals surface area contributed by atoms with Crippen LogP contribution in [0.1, 0.15) is 37.4 Å². The summed E-state index contributed by atoms with van der Waals surface area (Å²) < 4.78 is 41.3. The molecular formula is C11H13F3N2O3. The Balaban J connectivity index is 2.15. The van der Waals surface area contributed by atoms with Crippen molar-refractivity contribution in [1.82, 2.24) is 10.1 Å². The molecule has 0 aromatic carbocycles. The van der Waals surface area contributed by atoms with Crippen LogP contribution in [0.5, 0.6) is 0 Å². The summed E-state index contributed by atoms with van der Waals surface area (Å²) in [6.45, 7) is 1.89. The molecule has 0 saturated heterocycles. The highest BCUT2D eigenvalue weighted by Crippen LogP contribution is 2.42. The molecule has 0 amide bonds. The third kappa shape index (κ3) is 3.24. The highest BCUT2D eigenvalue weighted by atomic mass is 19.4. The Bertz CT molecular complexity index is 472. The summed E-state index contributed by atoms with van der Waals surface area (Å²) in [5.41, 5.74) is 0. The molecule has 5 nitrogen and oxygen atoms in total. The van der Waals surface area contributed by atoms with Gasteiger partial charge in [-0.05, 0) is 18.8 Å². The molecule has 1 heterocycles. The van der Waals surface area contributed by atoms with Crippen LogP contribution in [0.15, 0.2) is 4.52 Å². The fourth-order valence-corrected chi connectivity index (χ4v) is 2.51. The molecule has 1 aliphatic rings. The quantitative estimate of drug-likeness (QED) is 0.918. The Hall–Kier alpha value is -1.60. The summed E-state index contributed by atoms with van der Waals surface area (Å²) in [6.07, 6.45) is -4.67. The van der Waals surface area contributed by atoms with Gasteiger partial charge in [-0.3, -0.25) is 4.79 Å². The summed E-state index contributed by atoms with van der Waals surface area (Å²) in [6, 6.07) is 0. The summed E-state index contributed by atoms with van der Waals surface area (Å²) in [5.74, 6) is -2.44. The summed E-state index contributed by atoms with van der Waals surface area (Å²) in [7, 11) is 0. The van der Waals surface area contributed by atoms with Crippen LogP contribution in [-0.4, -0.2) is 27.4 Å². The van der Waals surface area contributed by atoms with E-state index in [1.54, 1.807) is 0 Å². The topological polar surface area (TPSA) is 76.2 Å². The zero-order chi connectivity index (χ0) is 14.2. The lowest BCUT2D eigenvalue weighted by molar-refractivity contribution is -0.142. The average Bonchev–Trinajstić information content (AvgIpc) is 2.81. The van der Waals surface area contributed by atoms with E-state index >= 15 is 0 Å². The van der Waals surface area contributed by atoms with Gasteiger partial charge in [0.05, 0.1) is 11.8 Å². The Kier molecular flexibility index (Phi) is 3.51. The number of carboxylic acid groups (broad SMARTS) is 1. The van der Waals surface area contributed by atoms with Gasteiger partial charge in [-0.25, -0.2) is 0 Å². The number of carboxylic acids is 1. The Morgan fingerprint density at radius 2 is 2.16 bits per heavy atom. The Labute approximate surface area is 106 Å². The van der Waals surface area contributed by atoms with Crippen LogP contribution in [0.2, 0.25) is 0 Å². The van der Waals surface area contributed by atoms with Gasteiger partial charge in [0.2, 0.25) is 5.89 Å². The van der Waals surface area contributed by atoms with E-state index in [1.807, 2.05) is 6.92 Å². The van der Waals surface area contributed by atoms with Crippen molar-refractivity contribution in [1.29, 1.82) is 0 Å². The zero-order valence-corrected chi connectivity index (χ0v) is 10.1. The molecule has 0 radical (unpaired) electrons. The predicted molar refractivity (Wildman–Crippen MR) is 56.3 cm³/mol. The third-order valence-electron chi connectivity index (χ3n) is 3.28. The Morgan fingerprint density at radius 3 is 2.74 bits per heavy atom. The van der Waals surface area contributed by atoms with Crippen molar-refractivity contribution in [2.24, 2.45) is 11.8 Å². The van der Waals surface area contributed by atoms with Gasteiger partial charge in [0.25, 0.3) is 0 Å². The first-order valence-electron chi connectivity index (χ1n) is 5.88. The maximum atomic E-state index is 12.2. The maximum absolute atomic E-state index is 12.2. The summed E-state index contributed by atoms with van der Waals surface area (Å²) >= 11 is 0. The van der Waals surface area contributed by atoms with Gasteiger partial charge in [-0.15, -0.1) is 0 Å². The molecule has 1 aromatic heterocycles. The van der Waals surface area contributed by atoms with Gasteiger partial charge in [0, 0.05) is 0 Å². The SMILES string of the molecule is CC1CC(C(=O)O)C(c2nc(CC(F)(F)F)no2)C1. The van der Waals surface area contributed by atoms with Crippen LogP contribution in [0.25, 0.3) is 0 Å². The van der Waals surface area contributed by atoms with Crippen molar-refractivity contribution in [2.75, 3.05) is 0 Å². The first kappa shape index (κ1) is 13.8. The highest BCUT2D eigenvalue weighted by Gasteiger charge is 2.41. The fraction of sp³-hybridized carbons (Fsp3) is 0.727. The minimum Gasteiger partial charge on any atom is -0.481 e. The maximum Gasteiger partial charge on any atom is 0.396 e. The van der Waals surface area contributed by atoms with Crippen molar-refractivity contribution < 1.29 is 27.6 Å². The molecule has 3 unspecified atom stereocenters. The number of hydrogen-bond acceptors (Lipinski definition) is 4. The van der Waals surface area contributed by atoms with Crippen molar-refractivity contribution in [3.05, 3.63) is 11.7 Å². The van der Waals surface area contributed by atoms with Gasteiger partial charge in [0.1, 0.15) is 6.42 Å². The first-order valence-corrected chi connectivity index (χ1v) is 5.88. The average molecular weight is 278 g/mol. The normalized spacial score (nSPS) is 27.7. The summed E-state index contributed by atoms with van der Waals surface area (Å²) in [5, 5.41) is 12.4. The van der Waals surface area contributed by atoms with Gasteiger partial charge in [-0.2, -0.15) is 18.2 Å². The molecule has 0 bridgehead atoms. The smallest absolute Gasteiger partial charge is 0.396 e. The lowest BCUT2D eigenvalue weighted by Gasteiger charge is -2.10. The van der Waals surface area contributed by atoms with E-state index in [-0.39, 0.29) is 11.8 Å². The molecule has 2 rings (SSSR count). The lowest BCUT2D eigenvalue weighted by atomic mass is 9.96. The first-order chi connectivity index (χ1) is 8.76. The van der Waals surface area contributed by atoms with E-state index in [0.717, 1.165) is 0 Å². The van der Waals surface area contributed by atoms with E-state index in [0.29, 0.717) is 12.8 Å². The van der Waals surface area contributed by atoms with Gasteiger partial charge in [-0.1, -0.05) is 12.1 Å². The number of aromatic nitrogens is 2. The van der Waals surface area contributed by atoms with Crippen LogP contribution in [0.4, 0.5) is 13.2 Å². The van der Waals surface area contributed by atoms with Crippen molar-refractivity contribution in [2.45, 2.75) is 38.3 Å². The Morgan fingerprint density at radius 1 is 1.47 bits per heavy atom. The molecule has 1 fully saturated rings. The number of rotatable bonds is 3. The lowest BCUT2D eigenvalue weighted by Crippen LogP contribution is -2.17. The second-order valence-corrected chi connectivity index (χ2v) is 4.97. The van der Waals surface area contributed by atoms with Gasteiger partial charge in [0.15, 0.2) is 5.82 Å². The van der Waals surface area contributed by atoms with E-state index in [2.05, 4.69) is 10.1 Å². The fourth-order valence-electron chi connectivity index (χ4n) is 2.51. The standard InChI is InChI=1S/C11H13F3N2O3/c1-5-2-6(7(3-5)10(17)18)9-15-8(16-19-9)4-11(12,13)14/h5-7H,2-4H2,1H3,(H,17,18). The molecule has 0 aliphatic heterocycles. The van der Waals surface area contributed by atoms with E-state index in [9.17, 15) is 18.0 Å². The molecule has 19 heavy (non-hydrogen) atoms. The molecular weight excluding hydrogens is 265 g/mol. The zero-order valence-electron chi connectivity index (χ0n) is 10.1. The number of hydrogen-bond donors (Lipinski definition) is 1. The minimum atomic E-state index is -4.41. The van der Waals surface area contributed by atoms with Crippen LogP contribution in [0, 0.1) is 11.8 Å². The second kappa shape index (κ2) is 4.82.